The van der Waals surface area contributed by atoms with Gasteiger partial charge in [-0.15, -0.1) is 0 Å². The maximum Gasteiger partial charge on any atom is 0.229 e. The molecule has 2 fully saturated rings. The number of carbonyl (C=O) groups excluding carboxylic acids is 2. The maximum atomic E-state index is 12.6. The van der Waals surface area contributed by atoms with Gasteiger partial charge >= 0.3 is 0 Å². The van der Waals surface area contributed by atoms with Gasteiger partial charge in [0.15, 0.2) is 0 Å². The molecule has 0 spiro atoms. The highest BCUT2D eigenvalue weighted by atomic mass is 16.2. The minimum Gasteiger partial charge on any atom is -0.372 e. The lowest BCUT2D eigenvalue weighted by molar-refractivity contribution is -0.122. The van der Waals surface area contributed by atoms with Crippen molar-refractivity contribution < 1.29 is 9.59 Å². The summed E-state index contributed by atoms with van der Waals surface area (Å²) >= 11 is 0. The summed E-state index contributed by atoms with van der Waals surface area (Å²) in [5.41, 5.74) is 3.95. The molecule has 2 aromatic rings. The Kier molecular flexibility index (Phi) is 5.56. The van der Waals surface area contributed by atoms with Crippen LogP contribution in [0.25, 0.3) is 0 Å². The fraction of sp³-hybridized carbons (Fsp3) is 0.417. The molecule has 2 aromatic carbocycles. The van der Waals surface area contributed by atoms with Gasteiger partial charge < -0.3 is 15.1 Å². The highest BCUT2D eigenvalue weighted by Gasteiger charge is 2.35. The lowest BCUT2D eigenvalue weighted by atomic mass is 9.99. The minimum absolute atomic E-state index is 0.00828. The summed E-state index contributed by atoms with van der Waals surface area (Å²) in [6.07, 6.45) is 2.71. The lowest BCUT2D eigenvalue weighted by Gasteiger charge is -2.32. The summed E-state index contributed by atoms with van der Waals surface area (Å²) in [7, 11) is 0. The summed E-state index contributed by atoms with van der Waals surface area (Å²) in [5.74, 6) is 0.390. The maximum absolute atomic E-state index is 12.6. The van der Waals surface area contributed by atoms with Crippen LogP contribution in [-0.2, 0) is 9.59 Å². The second-order valence-corrected chi connectivity index (χ2v) is 8.45. The van der Waals surface area contributed by atoms with Gasteiger partial charge in [0.25, 0.3) is 0 Å². The second-order valence-electron chi connectivity index (χ2n) is 8.45. The summed E-state index contributed by atoms with van der Waals surface area (Å²) in [4.78, 5) is 29.3. The molecule has 2 amide bonds. The van der Waals surface area contributed by atoms with E-state index in [2.05, 4.69) is 29.3 Å². The van der Waals surface area contributed by atoms with Crippen molar-refractivity contribution in [2.45, 2.75) is 33.1 Å². The van der Waals surface area contributed by atoms with Crippen LogP contribution in [0.2, 0.25) is 0 Å². The molecule has 1 atom stereocenters. The summed E-state index contributed by atoms with van der Waals surface area (Å²) in [6.45, 7) is 6.90. The van der Waals surface area contributed by atoms with E-state index < -0.39 is 0 Å². The van der Waals surface area contributed by atoms with Crippen LogP contribution >= 0.6 is 0 Å². The van der Waals surface area contributed by atoms with Gasteiger partial charge in [0.05, 0.1) is 5.92 Å². The normalized spacial score (nSPS) is 20.2. The highest BCUT2D eigenvalue weighted by Crippen LogP contribution is 2.29. The molecule has 152 valence electrons. The molecule has 2 saturated heterocycles. The Morgan fingerprint density at radius 1 is 1.03 bits per heavy atom. The van der Waals surface area contributed by atoms with E-state index >= 15 is 0 Å². The van der Waals surface area contributed by atoms with Gasteiger partial charge in [0.2, 0.25) is 11.8 Å². The SMILES string of the molecule is Cc1cccc(NC(=O)C2CC(=O)N(c3ccc(N4CCC(C)CC4)cc3)C2)c1. The van der Waals surface area contributed by atoms with Crippen molar-refractivity contribution in [3.05, 3.63) is 54.1 Å². The fourth-order valence-corrected chi connectivity index (χ4v) is 4.21. The fourth-order valence-electron chi connectivity index (χ4n) is 4.21. The average molecular weight is 392 g/mol. The van der Waals surface area contributed by atoms with Crippen molar-refractivity contribution in [1.29, 1.82) is 0 Å². The highest BCUT2D eigenvalue weighted by molar-refractivity contribution is 6.03. The third-order valence-corrected chi connectivity index (χ3v) is 6.09. The van der Waals surface area contributed by atoms with E-state index in [1.807, 2.05) is 43.3 Å². The Hall–Kier alpha value is -2.82. The number of benzene rings is 2. The molecule has 0 aliphatic carbocycles. The van der Waals surface area contributed by atoms with E-state index in [1.54, 1.807) is 4.90 Å². The molecule has 4 rings (SSSR count). The van der Waals surface area contributed by atoms with Crippen LogP contribution in [0.3, 0.4) is 0 Å². The van der Waals surface area contributed by atoms with Crippen LogP contribution in [0.15, 0.2) is 48.5 Å². The van der Waals surface area contributed by atoms with Crippen LogP contribution in [0, 0.1) is 18.8 Å². The van der Waals surface area contributed by atoms with E-state index in [0.717, 1.165) is 35.9 Å². The molecule has 0 bridgehead atoms. The Bertz CT molecular complexity index is 885. The number of nitrogens with one attached hydrogen (secondary N) is 1. The van der Waals surface area contributed by atoms with E-state index in [1.165, 1.54) is 18.5 Å². The zero-order valence-electron chi connectivity index (χ0n) is 17.2. The standard InChI is InChI=1S/C24H29N3O2/c1-17-10-12-26(13-11-17)21-6-8-22(9-7-21)27-16-19(15-23(27)28)24(29)25-20-5-3-4-18(2)14-20/h3-9,14,17,19H,10-13,15-16H2,1-2H3,(H,25,29). The number of rotatable bonds is 4. The number of piperidine rings is 1. The number of amides is 2. The second kappa shape index (κ2) is 8.27. The monoisotopic (exact) mass is 391 g/mol. The first-order valence-corrected chi connectivity index (χ1v) is 10.5. The van der Waals surface area contributed by atoms with Crippen LogP contribution in [0.1, 0.15) is 31.7 Å². The van der Waals surface area contributed by atoms with Gasteiger partial charge in [-0.05, 0) is 67.6 Å². The molecule has 2 aliphatic rings. The van der Waals surface area contributed by atoms with Gasteiger partial charge in [-0.2, -0.15) is 0 Å². The molecule has 29 heavy (non-hydrogen) atoms. The van der Waals surface area contributed by atoms with E-state index in [9.17, 15) is 9.59 Å². The predicted molar refractivity (Wildman–Crippen MR) is 117 cm³/mol. The van der Waals surface area contributed by atoms with E-state index in [-0.39, 0.29) is 24.2 Å². The molecule has 5 nitrogen and oxygen atoms in total. The van der Waals surface area contributed by atoms with Crippen LogP contribution in [0.4, 0.5) is 17.1 Å². The molecule has 5 heteroatoms. The first-order chi connectivity index (χ1) is 14.0. The van der Waals surface area contributed by atoms with E-state index in [4.69, 9.17) is 0 Å². The molecule has 0 saturated carbocycles. The summed E-state index contributed by atoms with van der Waals surface area (Å²) < 4.78 is 0. The predicted octanol–water partition coefficient (Wildman–Crippen LogP) is 4.22. The number of aryl methyl sites for hydroxylation is 1. The largest absolute Gasteiger partial charge is 0.372 e. The van der Waals surface area contributed by atoms with Crippen molar-refractivity contribution in [3.63, 3.8) is 0 Å². The molecule has 0 radical (unpaired) electrons. The van der Waals surface area contributed by atoms with Crippen molar-refractivity contribution >= 4 is 28.9 Å². The number of nitrogens with zero attached hydrogens (tertiary/aromatic N) is 2. The van der Waals surface area contributed by atoms with Crippen LogP contribution in [-0.4, -0.2) is 31.4 Å². The minimum atomic E-state index is -0.328. The zero-order chi connectivity index (χ0) is 20.4. The van der Waals surface area contributed by atoms with Gasteiger partial charge in [-0.25, -0.2) is 0 Å². The summed E-state index contributed by atoms with van der Waals surface area (Å²) in [6, 6.07) is 15.9. The van der Waals surface area contributed by atoms with Crippen LogP contribution < -0.4 is 15.1 Å². The molecular formula is C24H29N3O2. The quantitative estimate of drug-likeness (QED) is 0.849. The van der Waals surface area contributed by atoms with E-state index in [0.29, 0.717) is 6.54 Å². The average Bonchev–Trinajstić information content (AvgIpc) is 3.11. The molecule has 0 aromatic heterocycles. The smallest absolute Gasteiger partial charge is 0.229 e. The molecule has 1 unspecified atom stereocenters. The van der Waals surface area contributed by atoms with Gasteiger partial charge in [0, 0.05) is 43.1 Å². The van der Waals surface area contributed by atoms with Crippen molar-refractivity contribution in [2.75, 3.05) is 34.8 Å². The Balaban J connectivity index is 1.39. The third-order valence-electron chi connectivity index (χ3n) is 6.09. The number of hydrogen-bond acceptors (Lipinski definition) is 3. The Morgan fingerprint density at radius 2 is 1.72 bits per heavy atom. The lowest BCUT2D eigenvalue weighted by Crippen LogP contribution is -2.32. The first-order valence-electron chi connectivity index (χ1n) is 10.5. The molecule has 2 aliphatic heterocycles. The topological polar surface area (TPSA) is 52.7 Å². The Morgan fingerprint density at radius 3 is 2.41 bits per heavy atom. The Labute approximate surface area is 172 Å². The molecule has 1 N–H and O–H groups in total. The molecule has 2 heterocycles. The number of hydrogen-bond donors (Lipinski definition) is 1. The zero-order valence-corrected chi connectivity index (χ0v) is 17.2. The van der Waals surface area contributed by atoms with Crippen molar-refractivity contribution in [3.8, 4) is 0 Å². The third kappa shape index (κ3) is 4.44. The molecular weight excluding hydrogens is 362 g/mol. The van der Waals surface area contributed by atoms with Gasteiger partial charge in [-0.3, -0.25) is 9.59 Å². The van der Waals surface area contributed by atoms with Gasteiger partial charge in [-0.1, -0.05) is 19.1 Å². The van der Waals surface area contributed by atoms with Crippen molar-refractivity contribution in [2.24, 2.45) is 11.8 Å². The number of anilines is 3. The number of carbonyl (C=O) groups is 2. The first kappa shape index (κ1) is 19.5. The van der Waals surface area contributed by atoms with Crippen molar-refractivity contribution in [1.82, 2.24) is 0 Å². The van der Waals surface area contributed by atoms with Crippen LogP contribution in [0.5, 0.6) is 0 Å². The van der Waals surface area contributed by atoms with Gasteiger partial charge in [0.1, 0.15) is 0 Å². The summed E-state index contributed by atoms with van der Waals surface area (Å²) in [5, 5.41) is 2.95.